The van der Waals surface area contributed by atoms with E-state index >= 15 is 0 Å². The monoisotopic (exact) mass is 578 g/mol. The van der Waals surface area contributed by atoms with Gasteiger partial charge in [-0.2, -0.15) is 5.10 Å². The number of fused-ring (bicyclic) bond motifs is 1. The standard InChI is InChI=1S/C28H30N6O8/c1-15-3-4-17(26(38)31-18-5-6-18)11-21(15)34(28(40)42-14-41-23(37)10-9-22(35)36)25-24-16(2)20(12-33(24)30-13-29-25)27(39)32-19-7-8-19/h3-4,11-13,18-19H,5-10,14H2,1-2H3,(H,31,38)(H,32,39)(H,35,36). The topological polar surface area (TPSA) is 182 Å². The van der Waals surface area contributed by atoms with E-state index in [-0.39, 0.29) is 35.4 Å². The number of anilines is 2. The maximum atomic E-state index is 13.6. The molecule has 0 radical (unpaired) electrons. The first-order valence-corrected chi connectivity index (χ1v) is 13.5. The lowest BCUT2D eigenvalue weighted by atomic mass is 10.1. The van der Waals surface area contributed by atoms with Crippen LogP contribution >= 0.6 is 0 Å². The molecule has 42 heavy (non-hydrogen) atoms. The zero-order valence-corrected chi connectivity index (χ0v) is 23.1. The highest BCUT2D eigenvalue weighted by Gasteiger charge is 2.31. The van der Waals surface area contributed by atoms with Crippen molar-refractivity contribution in [3.05, 3.63) is 53.0 Å². The summed E-state index contributed by atoms with van der Waals surface area (Å²) in [6.45, 7) is 2.66. The highest BCUT2D eigenvalue weighted by molar-refractivity contribution is 6.05. The fraction of sp³-hybridized carbons (Fsp3) is 0.393. The second-order valence-corrected chi connectivity index (χ2v) is 10.3. The van der Waals surface area contributed by atoms with Gasteiger partial charge in [0, 0.05) is 23.8 Å². The highest BCUT2D eigenvalue weighted by Crippen LogP contribution is 2.34. The molecule has 1 aromatic carbocycles. The number of hydrogen-bond acceptors (Lipinski definition) is 9. The molecule has 2 heterocycles. The van der Waals surface area contributed by atoms with Gasteiger partial charge in [-0.3, -0.25) is 19.2 Å². The molecule has 0 unspecified atom stereocenters. The zero-order chi connectivity index (χ0) is 30.0. The number of nitrogens with one attached hydrogen (secondary N) is 2. The molecule has 5 rings (SSSR count). The minimum absolute atomic E-state index is 0.0676. The summed E-state index contributed by atoms with van der Waals surface area (Å²) in [5, 5.41) is 18.9. The van der Waals surface area contributed by atoms with Crippen LogP contribution in [0.1, 0.15) is 70.4 Å². The van der Waals surface area contributed by atoms with E-state index in [1.165, 1.54) is 16.9 Å². The first kappa shape index (κ1) is 28.5. The molecular weight excluding hydrogens is 548 g/mol. The van der Waals surface area contributed by atoms with E-state index in [4.69, 9.17) is 14.6 Å². The second kappa shape index (κ2) is 11.8. The van der Waals surface area contributed by atoms with Gasteiger partial charge in [0.05, 0.1) is 24.1 Å². The van der Waals surface area contributed by atoms with Crippen molar-refractivity contribution in [3.63, 3.8) is 0 Å². The van der Waals surface area contributed by atoms with Gasteiger partial charge in [-0.05, 0) is 62.8 Å². The lowest BCUT2D eigenvalue weighted by molar-refractivity contribution is -0.154. The average molecular weight is 579 g/mol. The molecule has 2 aliphatic carbocycles. The minimum Gasteiger partial charge on any atom is -0.481 e. The Morgan fingerprint density at radius 3 is 2.36 bits per heavy atom. The Morgan fingerprint density at radius 2 is 1.69 bits per heavy atom. The van der Waals surface area contributed by atoms with Crippen molar-refractivity contribution in [2.75, 3.05) is 11.7 Å². The van der Waals surface area contributed by atoms with Crippen LogP contribution in [0.4, 0.5) is 16.3 Å². The quantitative estimate of drug-likeness (QED) is 0.226. The summed E-state index contributed by atoms with van der Waals surface area (Å²) in [5.74, 6) is -2.53. The van der Waals surface area contributed by atoms with Gasteiger partial charge in [-0.1, -0.05) is 6.07 Å². The molecule has 0 saturated heterocycles. The summed E-state index contributed by atoms with van der Waals surface area (Å²) < 4.78 is 11.6. The van der Waals surface area contributed by atoms with Gasteiger partial charge in [-0.15, -0.1) is 0 Å². The molecule has 14 heteroatoms. The van der Waals surface area contributed by atoms with Gasteiger partial charge >= 0.3 is 18.0 Å². The summed E-state index contributed by atoms with van der Waals surface area (Å²) >= 11 is 0. The largest absolute Gasteiger partial charge is 0.481 e. The molecule has 3 N–H and O–H groups in total. The van der Waals surface area contributed by atoms with Crippen LogP contribution < -0.4 is 15.5 Å². The van der Waals surface area contributed by atoms with Crippen molar-refractivity contribution in [3.8, 4) is 0 Å². The van der Waals surface area contributed by atoms with Crippen LogP contribution in [-0.2, 0) is 19.1 Å². The normalized spacial score (nSPS) is 14.2. The van der Waals surface area contributed by atoms with Gasteiger partial charge in [0.2, 0.25) is 6.79 Å². The molecule has 0 aliphatic heterocycles. The molecule has 2 aliphatic rings. The third kappa shape index (κ3) is 6.48. The van der Waals surface area contributed by atoms with Crippen molar-refractivity contribution in [2.45, 2.75) is 64.5 Å². The van der Waals surface area contributed by atoms with Crippen molar-refractivity contribution in [1.82, 2.24) is 25.2 Å². The summed E-state index contributed by atoms with van der Waals surface area (Å²) in [5.41, 5.74) is 2.40. The number of ether oxygens (including phenoxy) is 2. The molecule has 2 fully saturated rings. The van der Waals surface area contributed by atoms with Gasteiger partial charge in [0.1, 0.15) is 11.8 Å². The van der Waals surface area contributed by atoms with Crippen LogP contribution in [0, 0.1) is 13.8 Å². The van der Waals surface area contributed by atoms with E-state index < -0.39 is 37.7 Å². The van der Waals surface area contributed by atoms with Crippen molar-refractivity contribution >= 4 is 46.9 Å². The lowest BCUT2D eigenvalue weighted by Crippen LogP contribution is -2.31. The average Bonchev–Trinajstić information content (AvgIpc) is 3.89. The molecule has 3 aromatic rings. The van der Waals surface area contributed by atoms with Gasteiger partial charge < -0.3 is 25.2 Å². The highest BCUT2D eigenvalue weighted by atomic mass is 16.7. The zero-order valence-electron chi connectivity index (χ0n) is 23.1. The van der Waals surface area contributed by atoms with Crippen molar-refractivity contribution in [1.29, 1.82) is 0 Å². The van der Waals surface area contributed by atoms with E-state index in [9.17, 15) is 24.0 Å². The number of aromatic nitrogens is 3. The molecule has 0 bridgehead atoms. The molecule has 0 atom stereocenters. The Bertz CT molecular complexity index is 1580. The molecule has 2 saturated carbocycles. The first-order valence-electron chi connectivity index (χ1n) is 13.5. The van der Waals surface area contributed by atoms with E-state index in [0.29, 0.717) is 27.8 Å². The minimum atomic E-state index is -1.17. The smallest absolute Gasteiger partial charge is 0.423 e. The Balaban J connectivity index is 1.51. The molecular formula is C28H30N6O8. The Kier molecular flexibility index (Phi) is 8.04. The fourth-order valence-corrected chi connectivity index (χ4v) is 4.30. The SMILES string of the molecule is Cc1ccc(C(=O)NC2CC2)cc1N(C(=O)OCOC(=O)CCC(=O)O)c1ncnn2cc(C(=O)NC3CC3)c(C)c12. The predicted octanol–water partition coefficient (Wildman–Crippen LogP) is 2.77. The molecule has 0 spiro atoms. The van der Waals surface area contributed by atoms with Crippen LogP contribution in [0.2, 0.25) is 0 Å². The Morgan fingerprint density at radius 1 is 1.00 bits per heavy atom. The number of esters is 1. The number of amides is 3. The third-order valence-corrected chi connectivity index (χ3v) is 6.93. The van der Waals surface area contributed by atoms with Crippen molar-refractivity contribution in [2.24, 2.45) is 0 Å². The number of aryl methyl sites for hydroxylation is 2. The van der Waals surface area contributed by atoms with Crippen LogP contribution in [0.15, 0.2) is 30.7 Å². The number of carboxylic acids is 1. The Hall–Kier alpha value is -5.01. The van der Waals surface area contributed by atoms with Crippen LogP contribution in [-0.4, -0.2) is 68.4 Å². The Labute approximate surface area is 240 Å². The molecule has 3 amide bonds. The third-order valence-electron chi connectivity index (χ3n) is 6.93. The van der Waals surface area contributed by atoms with E-state index in [0.717, 1.165) is 30.6 Å². The number of nitrogens with zero attached hydrogens (tertiary/aromatic N) is 4. The molecule has 2 aromatic heterocycles. The van der Waals surface area contributed by atoms with Crippen molar-refractivity contribution < 1.29 is 38.6 Å². The summed E-state index contributed by atoms with van der Waals surface area (Å²) in [6.07, 6.45) is 4.57. The van der Waals surface area contributed by atoms with Crippen LogP contribution in [0.25, 0.3) is 5.52 Å². The number of carboxylic acid groups (broad SMARTS) is 1. The summed E-state index contributed by atoms with van der Waals surface area (Å²) in [6, 6.07) is 5.10. The summed E-state index contributed by atoms with van der Waals surface area (Å²) in [7, 11) is 0. The number of aliphatic carboxylic acids is 1. The second-order valence-electron chi connectivity index (χ2n) is 10.3. The molecule has 14 nitrogen and oxygen atoms in total. The number of hydrogen-bond donors (Lipinski definition) is 3. The van der Waals surface area contributed by atoms with Crippen LogP contribution in [0.5, 0.6) is 0 Å². The van der Waals surface area contributed by atoms with E-state index in [2.05, 4.69) is 20.7 Å². The maximum absolute atomic E-state index is 13.6. The molecule has 220 valence electrons. The number of carbonyl (C=O) groups is 5. The fourth-order valence-electron chi connectivity index (χ4n) is 4.30. The van der Waals surface area contributed by atoms with E-state index in [1.807, 2.05) is 0 Å². The van der Waals surface area contributed by atoms with Gasteiger partial charge in [-0.25, -0.2) is 19.2 Å². The predicted molar refractivity (Wildman–Crippen MR) is 146 cm³/mol. The van der Waals surface area contributed by atoms with Gasteiger partial charge in [0.25, 0.3) is 11.8 Å². The lowest BCUT2D eigenvalue weighted by Gasteiger charge is -2.24. The first-order chi connectivity index (χ1) is 20.1. The number of carbonyl (C=O) groups excluding carboxylic acids is 4. The van der Waals surface area contributed by atoms with Crippen LogP contribution in [0.3, 0.4) is 0 Å². The van der Waals surface area contributed by atoms with Gasteiger partial charge in [0.15, 0.2) is 5.82 Å². The maximum Gasteiger partial charge on any atom is 0.423 e. The number of rotatable bonds is 11. The number of benzene rings is 1. The van der Waals surface area contributed by atoms with E-state index in [1.54, 1.807) is 32.2 Å². The summed E-state index contributed by atoms with van der Waals surface area (Å²) in [4.78, 5) is 67.5.